The predicted molar refractivity (Wildman–Crippen MR) is 102 cm³/mol. The normalized spacial score (nSPS) is 18.1. The van der Waals surface area contributed by atoms with E-state index >= 15 is 0 Å². The number of aliphatic hydroxyl groups is 2. The van der Waals surface area contributed by atoms with Crippen LogP contribution >= 0.6 is 0 Å². The Labute approximate surface area is 165 Å². The van der Waals surface area contributed by atoms with E-state index in [9.17, 15) is 29.9 Å². The molecule has 0 aromatic heterocycles. The van der Waals surface area contributed by atoms with Gasteiger partial charge in [0.2, 0.25) is 0 Å². The van der Waals surface area contributed by atoms with Crippen molar-refractivity contribution in [3.8, 4) is 5.75 Å². The van der Waals surface area contributed by atoms with E-state index in [-0.39, 0.29) is 30.0 Å². The lowest BCUT2D eigenvalue weighted by Crippen LogP contribution is -2.32. The van der Waals surface area contributed by atoms with Gasteiger partial charge in [-0.1, -0.05) is 12.1 Å². The number of hydrogen-bond acceptors (Lipinski definition) is 7. The summed E-state index contributed by atoms with van der Waals surface area (Å²) in [5.41, 5.74) is 0.384. The number of aliphatic hydroxyl groups excluding tert-OH is 2. The van der Waals surface area contributed by atoms with E-state index in [1.165, 1.54) is 36.3 Å². The number of ketones is 1. The van der Waals surface area contributed by atoms with Gasteiger partial charge in [0, 0.05) is 24.2 Å². The monoisotopic (exact) mass is 398 g/mol. The molecule has 2 aromatic rings. The van der Waals surface area contributed by atoms with E-state index < -0.39 is 28.4 Å². The Balaban J connectivity index is 2.13. The van der Waals surface area contributed by atoms with Crippen molar-refractivity contribution >= 4 is 23.1 Å². The lowest BCUT2D eigenvalue weighted by molar-refractivity contribution is -0.384. The van der Waals surface area contributed by atoms with Crippen LogP contribution in [0.3, 0.4) is 0 Å². The predicted octanol–water partition coefficient (Wildman–Crippen LogP) is 2.02. The number of nitrogens with zero attached hydrogens (tertiary/aromatic N) is 2. The summed E-state index contributed by atoms with van der Waals surface area (Å²) < 4.78 is 5.12. The number of carbonyl (C=O) groups is 2. The number of non-ortho nitro benzene ring substituents is 1. The quantitative estimate of drug-likeness (QED) is 0.250. The van der Waals surface area contributed by atoms with Crippen molar-refractivity contribution < 1.29 is 29.5 Å². The number of ether oxygens (including phenoxy) is 1. The van der Waals surface area contributed by atoms with E-state index in [0.29, 0.717) is 11.3 Å². The lowest BCUT2D eigenvalue weighted by Gasteiger charge is -2.24. The average molecular weight is 398 g/mol. The average Bonchev–Trinajstić information content (AvgIpc) is 2.98. The minimum atomic E-state index is -0.914. The van der Waals surface area contributed by atoms with Crippen LogP contribution in [0, 0.1) is 10.1 Å². The molecule has 150 valence electrons. The highest BCUT2D eigenvalue weighted by molar-refractivity contribution is 6.46. The first kappa shape index (κ1) is 20.0. The molecule has 29 heavy (non-hydrogen) atoms. The van der Waals surface area contributed by atoms with Gasteiger partial charge in [0.15, 0.2) is 0 Å². The molecule has 9 nitrogen and oxygen atoms in total. The van der Waals surface area contributed by atoms with Gasteiger partial charge in [-0.2, -0.15) is 0 Å². The molecule has 0 aliphatic carbocycles. The smallest absolute Gasteiger partial charge is 0.295 e. The van der Waals surface area contributed by atoms with Gasteiger partial charge in [-0.05, 0) is 29.8 Å². The highest BCUT2D eigenvalue weighted by Crippen LogP contribution is 2.39. The molecule has 2 aromatic carbocycles. The summed E-state index contributed by atoms with van der Waals surface area (Å²) in [6.07, 6.45) is 0. The Kier molecular flexibility index (Phi) is 5.60. The van der Waals surface area contributed by atoms with Crippen LogP contribution in [0.15, 0.2) is 54.1 Å². The molecule has 9 heteroatoms. The molecule has 1 unspecified atom stereocenters. The lowest BCUT2D eigenvalue weighted by atomic mass is 9.95. The van der Waals surface area contributed by atoms with Crippen LogP contribution in [0.2, 0.25) is 0 Å². The number of methoxy groups -OCH3 is 1. The van der Waals surface area contributed by atoms with Crippen LogP contribution in [0.25, 0.3) is 5.76 Å². The minimum Gasteiger partial charge on any atom is -0.507 e. The molecule has 1 heterocycles. The van der Waals surface area contributed by atoms with Crippen molar-refractivity contribution in [3.05, 3.63) is 75.3 Å². The standard InChI is InChI=1S/C20H18N2O7/c1-29-15-8-4-12(5-9-15)17-16(19(25)20(26)21(17)10-11-23)18(24)13-2-6-14(7-3-13)22(27)28/h2-9,17,23-24H,10-11H2,1H3/b18-16+. The largest absolute Gasteiger partial charge is 0.507 e. The number of nitro benzene ring substituents is 1. The molecular weight excluding hydrogens is 380 g/mol. The number of carbonyl (C=O) groups excluding carboxylic acids is 2. The summed E-state index contributed by atoms with van der Waals surface area (Å²) in [7, 11) is 1.50. The van der Waals surface area contributed by atoms with Crippen molar-refractivity contribution in [2.24, 2.45) is 0 Å². The number of rotatable bonds is 6. The first-order chi connectivity index (χ1) is 13.9. The highest BCUT2D eigenvalue weighted by Gasteiger charge is 2.45. The molecule has 0 bridgehead atoms. The van der Waals surface area contributed by atoms with Crippen LogP contribution in [0.5, 0.6) is 5.75 Å². The number of amides is 1. The second-order valence-corrected chi connectivity index (χ2v) is 6.29. The zero-order chi connectivity index (χ0) is 21.1. The summed E-state index contributed by atoms with van der Waals surface area (Å²) in [6, 6.07) is 10.7. The fourth-order valence-corrected chi connectivity index (χ4v) is 3.25. The first-order valence-electron chi connectivity index (χ1n) is 8.67. The zero-order valence-corrected chi connectivity index (χ0v) is 15.4. The van der Waals surface area contributed by atoms with E-state index in [2.05, 4.69) is 0 Å². The van der Waals surface area contributed by atoms with Crippen molar-refractivity contribution in [2.45, 2.75) is 6.04 Å². The maximum atomic E-state index is 12.7. The Morgan fingerprint density at radius 2 is 1.76 bits per heavy atom. The maximum absolute atomic E-state index is 12.7. The molecule has 2 N–H and O–H groups in total. The molecule has 1 aliphatic heterocycles. The third-order valence-corrected chi connectivity index (χ3v) is 4.66. The summed E-state index contributed by atoms with van der Waals surface area (Å²) in [5, 5.41) is 30.9. The van der Waals surface area contributed by atoms with Gasteiger partial charge in [-0.25, -0.2) is 0 Å². The van der Waals surface area contributed by atoms with Gasteiger partial charge in [-0.15, -0.1) is 0 Å². The Morgan fingerprint density at radius 3 is 2.28 bits per heavy atom. The molecule has 1 saturated heterocycles. The van der Waals surface area contributed by atoms with Crippen molar-refractivity contribution in [1.82, 2.24) is 4.90 Å². The zero-order valence-electron chi connectivity index (χ0n) is 15.4. The highest BCUT2D eigenvalue weighted by atomic mass is 16.6. The van der Waals surface area contributed by atoms with Gasteiger partial charge in [0.25, 0.3) is 17.4 Å². The van der Waals surface area contributed by atoms with Crippen LogP contribution in [0.1, 0.15) is 17.2 Å². The first-order valence-corrected chi connectivity index (χ1v) is 8.67. The van der Waals surface area contributed by atoms with E-state index in [4.69, 9.17) is 4.74 Å². The van der Waals surface area contributed by atoms with Crippen LogP contribution in [0.4, 0.5) is 5.69 Å². The van der Waals surface area contributed by atoms with Crippen LogP contribution in [-0.2, 0) is 9.59 Å². The molecular formula is C20H18N2O7. The Hall–Kier alpha value is -3.72. The van der Waals surface area contributed by atoms with Gasteiger partial charge in [0.05, 0.1) is 30.3 Å². The number of nitro groups is 1. The number of Topliss-reactive ketones (excluding diaryl/α,β-unsaturated/α-hetero) is 1. The molecule has 1 atom stereocenters. The van der Waals surface area contributed by atoms with Gasteiger partial charge >= 0.3 is 0 Å². The van der Waals surface area contributed by atoms with Crippen LogP contribution in [-0.4, -0.2) is 52.0 Å². The summed E-state index contributed by atoms with van der Waals surface area (Å²) in [6.45, 7) is -0.463. The van der Waals surface area contributed by atoms with Gasteiger partial charge in [-0.3, -0.25) is 19.7 Å². The number of β-amino-alcohol motifs (C(OH)–C–C–N with tert-alkyl or cyclic N) is 1. The van der Waals surface area contributed by atoms with Crippen LogP contribution < -0.4 is 4.74 Å². The maximum Gasteiger partial charge on any atom is 0.295 e. The second-order valence-electron chi connectivity index (χ2n) is 6.29. The van der Waals surface area contributed by atoms with E-state index in [0.717, 1.165) is 0 Å². The molecule has 0 radical (unpaired) electrons. The SMILES string of the molecule is COc1ccc(C2/C(=C(\O)c3ccc([N+](=O)[O-])cc3)C(=O)C(=O)N2CCO)cc1. The molecule has 0 saturated carbocycles. The third kappa shape index (κ3) is 3.67. The van der Waals surface area contributed by atoms with Crippen molar-refractivity contribution in [2.75, 3.05) is 20.3 Å². The number of hydrogen-bond donors (Lipinski definition) is 2. The Morgan fingerprint density at radius 1 is 1.14 bits per heavy atom. The summed E-state index contributed by atoms with van der Waals surface area (Å²) in [5.74, 6) is -1.61. The topological polar surface area (TPSA) is 130 Å². The molecule has 1 amide bonds. The second kappa shape index (κ2) is 8.11. The number of likely N-dealkylation sites (tertiary alicyclic amines) is 1. The van der Waals surface area contributed by atoms with Gasteiger partial charge in [0.1, 0.15) is 11.5 Å². The van der Waals surface area contributed by atoms with E-state index in [1.807, 2.05) is 0 Å². The minimum absolute atomic E-state index is 0.0989. The van der Waals surface area contributed by atoms with E-state index in [1.54, 1.807) is 24.3 Å². The fraction of sp³-hybridized carbons (Fsp3) is 0.200. The van der Waals surface area contributed by atoms with Gasteiger partial charge < -0.3 is 19.8 Å². The van der Waals surface area contributed by atoms with Crippen molar-refractivity contribution in [3.63, 3.8) is 0 Å². The molecule has 3 rings (SSSR count). The van der Waals surface area contributed by atoms with Crippen molar-refractivity contribution in [1.29, 1.82) is 0 Å². The summed E-state index contributed by atoms with van der Waals surface area (Å²) in [4.78, 5) is 36.6. The molecule has 1 fully saturated rings. The summed E-state index contributed by atoms with van der Waals surface area (Å²) >= 11 is 0. The Bertz CT molecular complexity index is 981. The number of benzene rings is 2. The fourth-order valence-electron chi connectivity index (χ4n) is 3.25. The third-order valence-electron chi connectivity index (χ3n) is 4.66. The molecule has 0 spiro atoms. The molecule has 1 aliphatic rings.